The Morgan fingerprint density at radius 1 is 1.15 bits per heavy atom. The monoisotopic (exact) mass is 271 g/mol. The number of pyridine rings is 1. The molecule has 2 atom stereocenters. The van der Waals surface area contributed by atoms with Gasteiger partial charge in [0, 0.05) is 23.7 Å². The van der Waals surface area contributed by atoms with Crippen molar-refractivity contribution in [3.8, 4) is 0 Å². The minimum absolute atomic E-state index is 0.148. The third-order valence-electron chi connectivity index (χ3n) is 4.63. The number of aromatic nitrogens is 1. The lowest BCUT2D eigenvalue weighted by atomic mass is 9.70. The zero-order chi connectivity index (χ0) is 13.8. The van der Waals surface area contributed by atoms with Crippen LogP contribution in [-0.2, 0) is 0 Å². The lowest BCUT2D eigenvalue weighted by Gasteiger charge is -2.35. The molecule has 0 aliphatic heterocycles. The maximum absolute atomic E-state index is 11.9. The average molecular weight is 271 g/mol. The van der Waals surface area contributed by atoms with Crippen molar-refractivity contribution in [3.63, 3.8) is 0 Å². The van der Waals surface area contributed by atoms with E-state index in [1.807, 2.05) is 0 Å². The van der Waals surface area contributed by atoms with Crippen LogP contribution in [-0.4, -0.2) is 16.6 Å². The number of hydrogen-bond acceptors (Lipinski definition) is 3. The van der Waals surface area contributed by atoms with Gasteiger partial charge in [-0.25, -0.2) is 5.43 Å². The first-order valence-electron chi connectivity index (χ1n) is 7.59. The van der Waals surface area contributed by atoms with Crippen molar-refractivity contribution in [3.05, 3.63) is 30.1 Å². The van der Waals surface area contributed by atoms with Crippen LogP contribution >= 0.6 is 0 Å². The summed E-state index contributed by atoms with van der Waals surface area (Å²) < 4.78 is 0. The Balaban J connectivity index is 1.58. The van der Waals surface area contributed by atoms with Crippen molar-refractivity contribution < 1.29 is 4.79 Å². The number of nitrogens with one attached hydrogen (secondary N) is 1. The number of hydrazone groups is 1. The van der Waals surface area contributed by atoms with Crippen LogP contribution in [0, 0.1) is 11.8 Å². The molecule has 1 aromatic heterocycles. The van der Waals surface area contributed by atoms with Crippen molar-refractivity contribution in [2.45, 2.75) is 44.9 Å². The highest BCUT2D eigenvalue weighted by atomic mass is 16.2. The van der Waals surface area contributed by atoms with Crippen LogP contribution in [0.5, 0.6) is 0 Å². The van der Waals surface area contributed by atoms with E-state index in [4.69, 9.17) is 0 Å². The summed E-state index contributed by atoms with van der Waals surface area (Å²) in [5.74, 6) is 1.55. The zero-order valence-corrected chi connectivity index (χ0v) is 11.7. The van der Waals surface area contributed by atoms with Gasteiger partial charge in [0.25, 0.3) is 5.91 Å². The highest BCUT2D eigenvalue weighted by Gasteiger charge is 2.30. The summed E-state index contributed by atoms with van der Waals surface area (Å²) in [5, 5.41) is 4.35. The first-order chi connectivity index (χ1) is 9.83. The van der Waals surface area contributed by atoms with E-state index < -0.39 is 0 Å². The third kappa shape index (κ3) is 3.06. The summed E-state index contributed by atoms with van der Waals surface area (Å²) in [7, 11) is 0. The number of carbonyl (C=O) groups excluding carboxylic acids is 1. The second-order valence-electron chi connectivity index (χ2n) is 5.90. The van der Waals surface area contributed by atoms with E-state index >= 15 is 0 Å². The van der Waals surface area contributed by atoms with E-state index in [2.05, 4.69) is 15.5 Å². The maximum atomic E-state index is 11.9. The summed E-state index contributed by atoms with van der Waals surface area (Å²) in [6.45, 7) is 0. The van der Waals surface area contributed by atoms with Gasteiger partial charge in [0.15, 0.2) is 0 Å². The Morgan fingerprint density at radius 2 is 1.90 bits per heavy atom. The van der Waals surface area contributed by atoms with Crippen molar-refractivity contribution in [1.29, 1.82) is 0 Å². The lowest BCUT2D eigenvalue weighted by Crippen LogP contribution is -2.29. The molecule has 0 bridgehead atoms. The first kappa shape index (κ1) is 13.3. The Kier molecular flexibility index (Phi) is 4.09. The molecule has 2 aliphatic rings. The van der Waals surface area contributed by atoms with Gasteiger partial charge in [-0.05, 0) is 49.7 Å². The van der Waals surface area contributed by atoms with E-state index in [0.29, 0.717) is 5.56 Å². The molecule has 4 heteroatoms. The van der Waals surface area contributed by atoms with Crippen LogP contribution in [0.2, 0.25) is 0 Å². The molecule has 2 aliphatic carbocycles. The smallest absolute Gasteiger partial charge is 0.267 e. The van der Waals surface area contributed by atoms with Crippen LogP contribution < -0.4 is 5.43 Å². The SMILES string of the molecule is O=C(N/N=C1/CC[C@H]2CCCC[C@H]2C1)c1ccncc1. The lowest BCUT2D eigenvalue weighted by molar-refractivity contribution is 0.0954. The number of nitrogens with zero attached hydrogens (tertiary/aromatic N) is 2. The number of rotatable bonds is 2. The average Bonchev–Trinajstić information content (AvgIpc) is 2.53. The molecule has 3 rings (SSSR count). The van der Waals surface area contributed by atoms with Gasteiger partial charge < -0.3 is 0 Å². The second-order valence-corrected chi connectivity index (χ2v) is 5.90. The fraction of sp³-hybridized carbons (Fsp3) is 0.562. The largest absolute Gasteiger partial charge is 0.271 e. The molecule has 1 heterocycles. The molecular weight excluding hydrogens is 250 g/mol. The van der Waals surface area contributed by atoms with E-state index in [-0.39, 0.29) is 5.91 Å². The van der Waals surface area contributed by atoms with E-state index in [9.17, 15) is 4.79 Å². The fourth-order valence-corrected chi connectivity index (χ4v) is 3.49. The van der Waals surface area contributed by atoms with Crippen LogP contribution in [0.3, 0.4) is 0 Å². The molecule has 0 radical (unpaired) electrons. The predicted octanol–water partition coefficient (Wildman–Crippen LogP) is 3.16. The van der Waals surface area contributed by atoms with E-state index in [1.54, 1.807) is 24.5 Å². The Bertz CT molecular complexity index is 498. The number of amides is 1. The van der Waals surface area contributed by atoms with Gasteiger partial charge in [0.2, 0.25) is 0 Å². The summed E-state index contributed by atoms with van der Waals surface area (Å²) in [4.78, 5) is 15.8. The van der Waals surface area contributed by atoms with Crippen molar-refractivity contribution >= 4 is 11.6 Å². The van der Waals surface area contributed by atoms with Gasteiger partial charge in [-0.1, -0.05) is 19.3 Å². The van der Waals surface area contributed by atoms with E-state index in [0.717, 1.165) is 30.4 Å². The molecule has 1 N–H and O–H groups in total. The van der Waals surface area contributed by atoms with Crippen molar-refractivity contribution in [1.82, 2.24) is 10.4 Å². The number of carbonyl (C=O) groups is 1. The van der Waals surface area contributed by atoms with Gasteiger partial charge in [0.1, 0.15) is 0 Å². The van der Waals surface area contributed by atoms with Crippen LogP contribution in [0.25, 0.3) is 0 Å². The predicted molar refractivity (Wildman–Crippen MR) is 78.4 cm³/mol. The molecule has 2 saturated carbocycles. The van der Waals surface area contributed by atoms with Gasteiger partial charge >= 0.3 is 0 Å². The molecule has 0 aromatic carbocycles. The molecule has 20 heavy (non-hydrogen) atoms. The quantitative estimate of drug-likeness (QED) is 0.840. The van der Waals surface area contributed by atoms with E-state index in [1.165, 1.54) is 32.1 Å². The molecule has 0 saturated heterocycles. The molecule has 4 nitrogen and oxygen atoms in total. The Hall–Kier alpha value is -1.71. The fourth-order valence-electron chi connectivity index (χ4n) is 3.49. The highest BCUT2D eigenvalue weighted by molar-refractivity contribution is 5.95. The Labute approximate surface area is 119 Å². The number of hydrogen-bond donors (Lipinski definition) is 1. The van der Waals surface area contributed by atoms with Gasteiger partial charge in [-0.2, -0.15) is 5.10 Å². The third-order valence-corrected chi connectivity index (χ3v) is 4.63. The molecule has 1 amide bonds. The normalized spacial score (nSPS) is 27.9. The topological polar surface area (TPSA) is 54.4 Å². The second kappa shape index (κ2) is 6.16. The molecule has 106 valence electrons. The highest BCUT2D eigenvalue weighted by Crippen LogP contribution is 2.39. The molecule has 1 aromatic rings. The minimum atomic E-state index is -0.148. The molecule has 0 spiro atoms. The van der Waals surface area contributed by atoms with Crippen LogP contribution in [0.1, 0.15) is 55.3 Å². The number of fused-ring (bicyclic) bond motifs is 1. The summed E-state index contributed by atoms with van der Waals surface area (Å²) in [6, 6.07) is 3.40. The summed E-state index contributed by atoms with van der Waals surface area (Å²) in [5.41, 5.74) is 4.46. The first-order valence-corrected chi connectivity index (χ1v) is 7.59. The Morgan fingerprint density at radius 3 is 2.70 bits per heavy atom. The van der Waals surface area contributed by atoms with Crippen molar-refractivity contribution in [2.24, 2.45) is 16.9 Å². The molecule has 2 fully saturated rings. The van der Waals surface area contributed by atoms with Gasteiger partial charge in [-0.15, -0.1) is 0 Å². The molecule has 0 unspecified atom stereocenters. The maximum Gasteiger partial charge on any atom is 0.271 e. The van der Waals surface area contributed by atoms with Crippen LogP contribution in [0.4, 0.5) is 0 Å². The minimum Gasteiger partial charge on any atom is -0.267 e. The summed E-state index contributed by atoms with van der Waals surface area (Å²) >= 11 is 0. The van der Waals surface area contributed by atoms with Gasteiger partial charge in [0.05, 0.1) is 0 Å². The zero-order valence-electron chi connectivity index (χ0n) is 11.7. The van der Waals surface area contributed by atoms with Gasteiger partial charge in [-0.3, -0.25) is 9.78 Å². The standard InChI is InChI=1S/C16H21N3O/c20-16(13-7-9-17-10-8-13)19-18-15-6-5-12-3-1-2-4-14(12)11-15/h7-10,12,14H,1-6,11H2,(H,19,20)/b18-15-/t12-,14+/m1/s1. The summed E-state index contributed by atoms with van der Waals surface area (Å²) in [6.07, 6.45) is 12.1. The van der Waals surface area contributed by atoms with Crippen molar-refractivity contribution in [2.75, 3.05) is 0 Å². The van der Waals surface area contributed by atoms with Crippen LogP contribution in [0.15, 0.2) is 29.6 Å². The molecular formula is C16H21N3O.